The SMILES string of the molecule is COc1ccc(C=NNC(=O)CN(C)S(=O)(=O)c2ccc(Cl)cc2)cc1[N+](=O)[O-]. The Morgan fingerprint density at radius 1 is 1.31 bits per heavy atom. The molecule has 0 saturated carbocycles. The van der Waals surface area contributed by atoms with Gasteiger partial charge in [-0.1, -0.05) is 11.6 Å². The van der Waals surface area contributed by atoms with Crippen LogP contribution in [-0.2, 0) is 14.8 Å². The summed E-state index contributed by atoms with van der Waals surface area (Å²) in [6, 6.07) is 9.67. The van der Waals surface area contributed by atoms with Gasteiger partial charge in [-0.3, -0.25) is 14.9 Å². The molecule has 1 amide bonds. The van der Waals surface area contributed by atoms with Gasteiger partial charge in [0.25, 0.3) is 5.91 Å². The molecule has 0 bridgehead atoms. The molecular formula is C17H17ClN4O6S. The normalized spacial score (nSPS) is 11.6. The molecule has 0 atom stereocenters. The zero-order valence-electron chi connectivity index (χ0n) is 15.4. The summed E-state index contributed by atoms with van der Waals surface area (Å²) in [5, 5.41) is 15.1. The van der Waals surface area contributed by atoms with E-state index < -0.39 is 27.4 Å². The number of nitrogens with one attached hydrogen (secondary N) is 1. The minimum atomic E-state index is -3.88. The van der Waals surface area contributed by atoms with E-state index >= 15 is 0 Å². The van der Waals surface area contributed by atoms with Crippen molar-refractivity contribution in [1.29, 1.82) is 0 Å². The number of rotatable bonds is 8. The van der Waals surface area contributed by atoms with Gasteiger partial charge in [0, 0.05) is 23.7 Å². The van der Waals surface area contributed by atoms with Crippen molar-refractivity contribution in [2.45, 2.75) is 4.90 Å². The first-order chi connectivity index (χ1) is 13.6. The predicted octanol–water partition coefficient (Wildman–Crippen LogP) is 2.03. The van der Waals surface area contributed by atoms with E-state index in [1.807, 2.05) is 0 Å². The van der Waals surface area contributed by atoms with Crippen molar-refractivity contribution in [3.63, 3.8) is 0 Å². The second-order valence-electron chi connectivity index (χ2n) is 5.70. The third-order valence-electron chi connectivity index (χ3n) is 3.69. The minimum absolute atomic E-state index is 0.00811. The number of nitro groups is 1. The molecule has 0 aliphatic heterocycles. The minimum Gasteiger partial charge on any atom is -0.490 e. The lowest BCUT2D eigenvalue weighted by Gasteiger charge is -2.16. The maximum Gasteiger partial charge on any atom is 0.311 e. The molecule has 12 heteroatoms. The number of halogens is 1. The Morgan fingerprint density at radius 3 is 2.55 bits per heavy atom. The van der Waals surface area contributed by atoms with Crippen LogP contribution in [0.15, 0.2) is 52.5 Å². The smallest absolute Gasteiger partial charge is 0.311 e. The van der Waals surface area contributed by atoms with Gasteiger partial charge in [0.2, 0.25) is 10.0 Å². The van der Waals surface area contributed by atoms with Crippen LogP contribution in [0.1, 0.15) is 5.56 Å². The second kappa shape index (κ2) is 9.45. The largest absolute Gasteiger partial charge is 0.490 e. The predicted molar refractivity (Wildman–Crippen MR) is 107 cm³/mol. The van der Waals surface area contributed by atoms with Gasteiger partial charge < -0.3 is 4.74 Å². The standard InChI is InChI=1S/C17H17ClN4O6S/c1-21(29(26,27)14-6-4-13(18)5-7-14)11-17(23)20-19-10-12-3-8-16(28-2)15(9-12)22(24)25/h3-10H,11H2,1-2H3,(H,20,23). The van der Waals surface area contributed by atoms with Gasteiger partial charge in [0.15, 0.2) is 5.75 Å². The van der Waals surface area contributed by atoms with Crippen LogP contribution in [0.25, 0.3) is 0 Å². The number of hydrogen-bond donors (Lipinski definition) is 1. The number of nitro benzene ring substituents is 1. The van der Waals surface area contributed by atoms with Crippen LogP contribution in [0.5, 0.6) is 5.75 Å². The van der Waals surface area contributed by atoms with Crippen LogP contribution in [0.2, 0.25) is 5.02 Å². The highest BCUT2D eigenvalue weighted by atomic mass is 35.5. The number of hydrogen-bond acceptors (Lipinski definition) is 7. The summed E-state index contributed by atoms with van der Waals surface area (Å²) in [5.41, 5.74) is 2.27. The van der Waals surface area contributed by atoms with E-state index in [1.54, 1.807) is 0 Å². The maximum absolute atomic E-state index is 12.4. The third kappa shape index (κ3) is 5.73. The first-order valence-corrected chi connectivity index (χ1v) is 9.83. The molecule has 0 spiro atoms. The molecule has 2 aromatic carbocycles. The molecule has 0 heterocycles. The molecule has 0 aliphatic rings. The number of carbonyl (C=O) groups excluding carboxylic acids is 1. The quantitative estimate of drug-likeness (QED) is 0.379. The van der Waals surface area contributed by atoms with E-state index in [-0.39, 0.29) is 16.3 Å². The molecule has 10 nitrogen and oxygen atoms in total. The van der Waals surface area contributed by atoms with Crippen molar-refractivity contribution in [2.75, 3.05) is 20.7 Å². The zero-order chi connectivity index (χ0) is 21.6. The lowest BCUT2D eigenvalue weighted by molar-refractivity contribution is -0.385. The van der Waals surface area contributed by atoms with E-state index in [2.05, 4.69) is 10.5 Å². The number of nitrogens with zero attached hydrogens (tertiary/aromatic N) is 3. The first-order valence-electron chi connectivity index (χ1n) is 8.01. The fourth-order valence-corrected chi connectivity index (χ4v) is 3.47. The van der Waals surface area contributed by atoms with Gasteiger partial charge >= 0.3 is 5.69 Å². The van der Waals surface area contributed by atoms with Crippen molar-refractivity contribution >= 4 is 39.4 Å². The molecule has 0 unspecified atom stereocenters. The van der Waals surface area contributed by atoms with E-state index in [1.165, 1.54) is 62.8 Å². The van der Waals surface area contributed by atoms with E-state index in [9.17, 15) is 23.3 Å². The van der Waals surface area contributed by atoms with Gasteiger partial charge in [0.05, 0.1) is 29.7 Å². The summed E-state index contributed by atoms with van der Waals surface area (Å²) in [5.74, 6) is -0.602. The molecule has 2 rings (SSSR count). The average molecular weight is 441 g/mol. The van der Waals surface area contributed by atoms with Crippen LogP contribution in [0.4, 0.5) is 5.69 Å². The highest BCUT2D eigenvalue weighted by Crippen LogP contribution is 2.26. The molecule has 0 aromatic heterocycles. The Morgan fingerprint density at radius 2 is 1.97 bits per heavy atom. The van der Waals surface area contributed by atoms with Gasteiger partial charge in [-0.2, -0.15) is 9.41 Å². The number of sulfonamides is 1. The van der Waals surface area contributed by atoms with Crippen molar-refractivity contribution in [1.82, 2.24) is 9.73 Å². The highest BCUT2D eigenvalue weighted by Gasteiger charge is 2.22. The number of methoxy groups -OCH3 is 1. The number of benzene rings is 2. The Kier molecular flexibility index (Phi) is 7.26. The summed E-state index contributed by atoms with van der Waals surface area (Å²) in [7, 11) is -1.32. The van der Waals surface area contributed by atoms with Gasteiger partial charge in [-0.05, 0) is 36.4 Å². The van der Waals surface area contributed by atoms with Gasteiger partial charge in [-0.25, -0.2) is 13.8 Å². The van der Waals surface area contributed by atoms with Crippen molar-refractivity contribution in [3.8, 4) is 5.75 Å². The summed E-state index contributed by atoms with van der Waals surface area (Å²) in [6.07, 6.45) is 1.19. The van der Waals surface area contributed by atoms with E-state index in [0.29, 0.717) is 10.6 Å². The van der Waals surface area contributed by atoms with E-state index in [4.69, 9.17) is 16.3 Å². The number of carbonyl (C=O) groups is 1. The topological polar surface area (TPSA) is 131 Å². The first kappa shape index (κ1) is 22.3. The molecule has 0 aliphatic carbocycles. The van der Waals surface area contributed by atoms with Crippen molar-refractivity contribution in [3.05, 3.63) is 63.2 Å². The fourth-order valence-electron chi connectivity index (χ4n) is 2.22. The average Bonchev–Trinajstić information content (AvgIpc) is 2.68. The van der Waals surface area contributed by atoms with E-state index in [0.717, 1.165) is 4.31 Å². The van der Waals surface area contributed by atoms with Gasteiger partial charge in [-0.15, -0.1) is 0 Å². The zero-order valence-corrected chi connectivity index (χ0v) is 17.0. The second-order valence-corrected chi connectivity index (χ2v) is 8.18. The van der Waals surface area contributed by atoms with Crippen LogP contribution >= 0.6 is 11.6 Å². The number of hydrazone groups is 1. The Hall–Kier alpha value is -3.02. The van der Waals surface area contributed by atoms with Crippen LogP contribution in [0.3, 0.4) is 0 Å². The summed E-state index contributed by atoms with van der Waals surface area (Å²) >= 11 is 5.74. The molecular weight excluding hydrogens is 424 g/mol. The molecule has 0 saturated heterocycles. The lowest BCUT2D eigenvalue weighted by Crippen LogP contribution is -2.36. The van der Waals surface area contributed by atoms with Crippen molar-refractivity contribution < 1.29 is 22.9 Å². The summed E-state index contributed by atoms with van der Waals surface area (Å²) in [6.45, 7) is -0.481. The summed E-state index contributed by atoms with van der Waals surface area (Å²) < 4.78 is 30.6. The molecule has 154 valence electrons. The number of likely N-dealkylation sites (N-methyl/N-ethyl adjacent to an activating group) is 1. The Balaban J connectivity index is 2.01. The molecule has 29 heavy (non-hydrogen) atoms. The fraction of sp³-hybridized carbons (Fsp3) is 0.176. The molecule has 0 radical (unpaired) electrons. The maximum atomic E-state index is 12.4. The number of amides is 1. The highest BCUT2D eigenvalue weighted by molar-refractivity contribution is 7.89. The Labute approximate surface area is 171 Å². The molecule has 1 N–H and O–H groups in total. The van der Waals surface area contributed by atoms with Crippen LogP contribution < -0.4 is 10.2 Å². The monoisotopic (exact) mass is 440 g/mol. The van der Waals surface area contributed by atoms with Crippen LogP contribution in [0, 0.1) is 10.1 Å². The van der Waals surface area contributed by atoms with Crippen molar-refractivity contribution in [2.24, 2.45) is 5.10 Å². The third-order valence-corrected chi connectivity index (χ3v) is 5.76. The van der Waals surface area contributed by atoms with Gasteiger partial charge in [0.1, 0.15) is 0 Å². The molecule has 0 fully saturated rings. The van der Waals surface area contributed by atoms with Crippen LogP contribution in [-0.4, -0.2) is 50.5 Å². The molecule has 2 aromatic rings. The Bertz CT molecular complexity index is 1040. The lowest BCUT2D eigenvalue weighted by atomic mass is 10.2. The summed E-state index contributed by atoms with van der Waals surface area (Å²) in [4.78, 5) is 22.4. The number of ether oxygens (including phenoxy) is 1.